The molecular formula is C27H30N2O5. The van der Waals surface area contributed by atoms with Crippen LogP contribution in [0.15, 0.2) is 60.7 Å². The summed E-state index contributed by atoms with van der Waals surface area (Å²) < 4.78 is 5.58. The summed E-state index contributed by atoms with van der Waals surface area (Å²) in [5.41, 5.74) is 4.54. The van der Waals surface area contributed by atoms with Crippen LogP contribution < -0.4 is 10.6 Å². The molecule has 4 rings (SSSR count). The summed E-state index contributed by atoms with van der Waals surface area (Å²) in [6, 6.07) is 15.1. The van der Waals surface area contributed by atoms with Gasteiger partial charge in [-0.25, -0.2) is 4.79 Å². The van der Waals surface area contributed by atoms with Crippen LogP contribution in [0.3, 0.4) is 0 Å². The molecular weight excluding hydrogens is 432 g/mol. The van der Waals surface area contributed by atoms with Crippen molar-refractivity contribution in [2.24, 2.45) is 5.92 Å². The van der Waals surface area contributed by atoms with Crippen molar-refractivity contribution < 1.29 is 24.2 Å². The van der Waals surface area contributed by atoms with Gasteiger partial charge in [0.2, 0.25) is 5.91 Å². The maximum atomic E-state index is 12.8. The topological polar surface area (TPSA) is 105 Å². The molecule has 178 valence electrons. The van der Waals surface area contributed by atoms with Gasteiger partial charge in [-0.2, -0.15) is 0 Å². The lowest BCUT2D eigenvalue weighted by atomic mass is 9.91. The number of carbonyl (C=O) groups is 3. The lowest BCUT2D eigenvalue weighted by Gasteiger charge is -2.25. The predicted molar refractivity (Wildman–Crippen MR) is 128 cm³/mol. The Hall–Kier alpha value is -3.61. The molecule has 0 fully saturated rings. The van der Waals surface area contributed by atoms with Gasteiger partial charge in [-0.1, -0.05) is 74.0 Å². The highest BCUT2D eigenvalue weighted by atomic mass is 16.5. The van der Waals surface area contributed by atoms with E-state index in [-0.39, 0.29) is 24.5 Å². The minimum atomic E-state index is -0.870. The molecule has 2 aliphatic carbocycles. The molecule has 2 aromatic rings. The Morgan fingerprint density at radius 1 is 1.06 bits per heavy atom. The molecule has 0 saturated heterocycles. The molecule has 2 aliphatic rings. The van der Waals surface area contributed by atoms with Gasteiger partial charge in [0.05, 0.1) is 5.92 Å². The Labute approximate surface area is 199 Å². The van der Waals surface area contributed by atoms with Gasteiger partial charge in [0.25, 0.3) is 0 Å². The molecule has 0 aromatic heterocycles. The zero-order valence-electron chi connectivity index (χ0n) is 19.2. The van der Waals surface area contributed by atoms with Gasteiger partial charge in [0, 0.05) is 12.0 Å². The first-order valence-corrected chi connectivity index (χ1v) is 11.8. The number of fused-ring (bicyclic) bond motifs is 3. The number of amides is 2. The molecule has 0 spiro atoms. The van der Waals surface area contributed by atoms with Gasteiger partial charge in [-0.3, -0.25) is 9.59 Å². The van der Waals surface area contributed by atoms with Gasteiger partial charge in [-0.15, -0.1) is 0 Å². The van der Waals surface area contributed by atoms with Crippen LogP contribution in [0.1, 0.15) is 49.7 Å². The highest BCUT2D eigenvalue weighted by Gasteiger charge is 2.30. The summed E-state index contributed by atoms with van der Waals surface area (Å²) >= 11 is 0. The third kappa shape index (κ3) is 5.14. The highest BCUT2D eigenvalue weighted by Crippen LogP contribution is 2.44. The molecule has 0 heterocycles. The summed E-state index contributed by atoms with van der Waals surface area (Å²) in [6.45, 7) is 2.10. The number of hydrogen-bond donors (Lipinski definition) is 3. The van der Waals surface area contributed by atoms with Crippen LogP contribution in [0.2, 0.25) is 0 Å². The minimum Gasteiger partial charge on any atom is -0.481 e. The zero-order valence-corrected chi connectivity index (χ0v) is 19.2. The van der Waals surface area contributed by atoms with E-state index < -0.39 is 24.0 Å². The lowest BCUT2D eigenvalue weighted by molar-refractivity contribution is -0.142. The molecule has 1 unspecified atom stereocenters. The van der Waals surface area contributed by atoms with E-state index in [4.69, 9.17) is 4.74 Å². The Morgan fingerprint density at radius 3 is 2.32 bits per heavy atom. The van der Waals surface area contributed by atoms with Crippen molar-refractivity contribution in [1.29, 1.82) is 0 Å². The van der Waals surface area contributed by atoms with Crippen LogP contribution >= 0.6 is 0 Å². The van der Waals surface area contributed by atoms with E-state index in [1.807, 2.05) is 37.3 Å². The van der Waals surface area contributed by atoms with E-state index in [2.05, 4.69) is 34.9 Å². The Morgan fingerprint density at radius 2 is 1.71 bits per heavy atom. The number of benzene rings is 2. The summed E-state index contributed by atoms with van der Waals surface area (Å²) in [4.78, 5) is 36.8. The van der Waals surface area contributed by atoms with Crippen molar-refractivity contribution in [3.8, 4) is 11.1 Å². The van der Waals surface area contributed by atoms with E-state index in [0.29, 0.717) is 25.7 Å². The van der Waals surface area contributed by atoms with Crippen molar-refractivity contribution in [3.05, 3.63) is 71.8 Å². The quantitative estimate of drug-likeness (QED) is 0.509. The van der Waals surface area contributed by atoms with Crippen molar-refractivity contribution in [3.63, 3.8) is 0 Å². The maximum Gasteiger partial charge on any atom is 0.407 e. The van der Waals surface area contributed by atoms with Crippen LogP contribution in [0.25, 0.3) is 11.1 Å². The summed E-state index contributed by atoms with van der Waals surface area (Å²) in [7, 11) is 0. The zero-order chi connectivity index (χ0) is 24.1. The van der Waals surface area contributed by atoms with Gasteiger partial charge >= 0.3 is 12.1 Å². The van der Waals surface area contributed by atoms with Gasteiger partial charge < -0.3 is 20.5 Å². The van der Waals surface area contributed by atoms with E-state index >= 15 is 0 Å². The van der Waals surface area contributed by atoms with Crippen LogP contribution in [0.5, 0.6) is 0 Å². The molecule has 0 saturated carbocycles. The molecule has 34 heavy (non-hydrogen) atoms. The largest absolute Gasteiger partial charge is 0.481 e. The summed E-state index contributed by atoms with van der Waals surface area (Å²) in [5.74, 6) is -1.78. The molecule has 0 bridgehead atoms. The molecule has 3 N–H and O–H groups in total. The average molecular weight is 463 g/mol. The highest BCUT2D eigenvalue weighted by molar-refractivity contribution is 5.86. The smallest absolute Gasteiger partial charge is 0.407 e. The monoisotopic (exact) mass is 462 g/mol. The van der Waals surface area contributed by atoms with Gasteiger partial charge in [-0.05, 0) is 41.5 Å². The number of carbonyl (C=O) groups excluding carboxylic acids is 2. The standard InChI is InChI=1S/C27H30N2O5/c1-2-8-24(25(30)28-18-10-7-9-17(15-18)26(31)32)29-27(33)34-16-23-21-13-5-3-11-19(21)20-12-4-6-14-22(20)23/h3-7,10-14,17-18,23-24H,2,8-9,15-16H2,1H3,(H,28,30)(H,29,33)(H,31,32)/t17-,18-,24?/m0/s1. The third-order valence-electron chi connectivity index (χ3n) is 6.53. The molecule has 0 radical (unpaired) electrons. The third-order valence-corrected chi connectivity index (χ3v) is 6.53. The Bertz CT molecular complexity index is 1050. The minimum absolute atomic E-state index is 0.0584. The average Bonchev–Trinajstić information content (AvgIpc) is 3.16. The number of nitrogens with one attached hydrogen (secondary N) is 2. The number of alkyl carbamates (subject to hydrolysis) is 1. The number of hydrogen-bond acceptors (Lipinski definition) is 4. The Balaban J connectivity index is 1.36. The summed E-state index contributed by atoms with van der Waals surface area (Å²) in [5, 5.41) is 14.8. The molecule has 0 aliphatic heterocycles. The number of rotatable bonds is 8. The lowest BCUT2D eigenvalue weighted by Crippen LogP contribution is -2.50. The van der Waals surface area contributed by atoms with Crippen molar-refractivity contribution in [2.45, 2.75) is 50.6 Å². The number of carboxylic acid groups (broad SMARTS) is 1. The van der Waals surface area contributed by atoms with E-state index in [1.165, 1.54) is 0 Å². The van der Waals surface area contributed by atoms with Crippen LogP contribution in [-0.2, 0) is 14.3 Å². The van der Waals surface area contributed by atoms with Crippen molar-refractivity contribution in [1.82, 2.24) is 10.6 Å². The summed E-state index contributed by atoms with van der Waals surface area (Å²) in [6.07, 6.45) is 4.89. The number of aliphatic carboxylic acids is 1. The number of ether oxygens (including phenoxy) is 1. The SMILES string of the molecule is CCCC(NC(=O)OCC1c2ccccc2-c2ccccc21)C(=O)N[C@H]1C=CC[C@H](C(=O)O)C1. The molecule has 3 atom stereocenters. The number of carboxylic acids is 1. The van der Waals surface area contributed by atoms with Gasteiger partial charge in [0.1, 0.15) is 12.6 Å². The normalized spacial score (nSPS) is 19.6. The molecule has 7 heteroatoms. The maximum absolute atomic E-state index is 12.8. The van der Waals surface area contributed by atoms with Crippen molar-refractivity contribution in [2.75, 3.05) is 6.61 Å². The van der Waals surface area contributed by atoms with Crippen molar-refractivity contribution >= 4 is 18.0 Å². The molecule has 2 aromatic carbocycles. The fraction of sp³-hybridized carbons (Fsp3) is 0.370. The fourth-order valence-corrected chi connectivity index (χ4v) is 4.82. The van der Waals surface area contributed by atoms with E-state index in [9.17, 15) is 19.5 Å². The second-order valence-corrected chi connectivity index (χ2v) is 8.86. The van der Waals surface area contributed by atoms with Crippen LogP contribution in [-0.4, -0.2) is 41.8 Å². The molecule has 7 nitrogen and oxygen atoms in total. The first-order chi connectivity index (χ1) is 16.5. The first-order valence-electron chi connectivity index (χ1n) is 11.8. The first kappa shape index (κ1) is 23.5. The number of allylic oxidation sites excluding steroid dienone is 1. The van der Waals surface area contributed by atoms with Crippen LogP contribution in [0.4, 0.5) is 4.79 Å². The second-order valence-electron chi connectivity index (χ2n) is 8.86. The Kier molecular flexibility index (Phi) is 7.30. The molecule has 2 amide bonds. The predicted octanol–water partition coefficient (Wildman–Crippen LogP) is 4.23. The van der Waals surface area contributed by atoms with Gasteiger partial charge in [0.15, 0.2) is 0 Å². The van der Waals surface area contributed by atoms with E-state index in [0.717, 1.165) is 22.3 Å². The fourth-order valence-electron chi connectivity index (χ4n) is 4.82. The van der Waals surface area contributed by atoms with E-state index in [1.54, 1.807) is 6.08 Å². The van der Waals surface area contributed by atoms with Crippen LogP contribution in [0, 0.1) is 5.92 Å². The second kappa shape index (κ2) is 10.5.